The first-order chi connectivity index (χ1) is 9.65. The van der Waals surface area contributed by atoms with Crippen LogP contribution in [-0.4, -0.2) is 11.7 Å². The number of nitrogens with one attached hydrogen (secondary N) is 2. The second-order valence-corrected chi connectivity index (χ2v) is 4.65. The Morgan fingerprint density at radius 2 is 1.85 bits per heavy atom. The Balaban J connectivity index is 1.80. The van der Waals surface area contributed by atoms with Crippen LogP contribution in [0.4, 0.5) is 14.5 Å². The fourth-order valence-corrected chi connectivity index (χ4v) is 1.95. The predicted octanol–water partition coefficient (Wildman–Crippen LogP) is 3.49. The van der Waals surface area contributed by atoms with Gasteiger partial charge in [0.2, 0.25) is 0 Å². The molecule has 0 saturated carbocycles. The molecule has 0 radical (unpaired) electrons. The van der Waals surface area contributed by atoms with Gasteiger partial charge in [-0.25, -0.2) is 8.78 Å². The van der Waals surface area contributed by atoms with Crippen molar-refractivity contribution < 1.29 is 8.78 Å². The van der Waals surface area contributed by atoms with E-state index in [0.29, 0.717) is 23.8 Å². The molecule has 0 aromatic heterocycles. The molecule has 0 spiro atoms. The van der Waals surface area contributed by atoms with Gasteiger partial charge in [-0.3, -0.25) is 0 Å². The Kier molecular flexibility index (Phi) is 5.01. The second-order valence-electron chi connectivity index (χ2n) is 4.24. The van der Waals surface area contributed by atoms with E-state index in [1.807, 2.05) is 6.07 Å². The average Bonchev–Trinajstić information content (AvgIpc) is 2.41. The molecule has 2 rings (SSSR count). The van der Waals surface area contributed by atoms with Crippen molar-refractivity contribution in [3.05, 3.63) is 65.7 Å². The highest BCUT2D eigenvalue weighted by molar-refractivity contribution is 7.80. The van der Waals surface area contributed by atoms with Gasteiger partial charge in [-0.2, -0.15) is 0 Å². The van der Waals surface area contributed by atoms with E-state index in [1.54, 1.807) is 24.3 Å². The summed E-state index contributed by atoms with van der Waals surface area (Å²) in [6.07, 6.45) is 0.636. The van der Waals surface area contributed by atoms with Crippen molar-refractivity contribution in [2.24, 2.45) is 0 Å². The Hall–Kier alpha value is -2.01. The van der Waals surface area contributed by atoms with E-state index in [-0.39, 0.29) is 11.6 Å². The Morgan fingerprint density at radius 1 is 1.05 bits per heavy atom. The molecule has 0 atom stereocenters. The van der Waals surface area contributed by atoms with E-state index >= 15 is 0 Å². The van der Waals surface area contributed by atoms with Gasteiger partial charge in [-0.1, -0.05) is 24.3 Å². The highest BCUT2D eigenvalue weighted by atomic mass is 32.1. The highest BCUT2D eigenvalue weighted by Crippen LogP contribution is 2.11. The Bertz CT molecular complexity index is 602. The molecule has 0 aliphatic rings. The molecule has 0 aliphatic carbocycles. The number of benzene rings is 2. The van der Waals surface area contributed by atoms with Crippen LogP contribution < -0.4 is 10.6 Å². The van der Waals surface area contributed by atoms with E-state index in [1.165, 1.54) is 18.2 Å². The summed E-state index contributed by atoms with van der Waals surface area (Å²) in [5.41, 5.74) is 1.21. The third kappa shape index (κ3) is 4.28. The second kappa shape index (κ2) is 6.96. The van der Waals surface area contributed by atoms with Crippen LogP contribution >= 0.6 is 12.2 Å². The maximum absolute atomic E-state index is 13.4. The van der Waals surface area contributed by atoms with Crippen molar-refractivity contribution in [1.29, 1.82) is 0 Å². The van der Waals surface area contributed by atoms with E-state index in [2.05, 4.69) is 10.6 Å². The summed E-state index contributed by atoms with van der Waals surface area (Å²) >= 11 is 5.07. The van der Waals surface area contributed by atoms with Gasteiger partial charge in [0.15, 0.2) is 5.11 Å². The lowest BCUT2D eigenvalue weighted by Gasteiger charge is -2.11. The molecule has 0 heterocycles. The number of hydrogen-bond donors (Lipinski definition) is 2. The third-order valence-electron chi connectivity index (χ3n) is 2.71. The van der Waals surface area contributed by atoms with E-state index < -0.39 is 0 Å². The fourth-order valence-electron chi connectivity index (χ4n) is 1.74. The number of rotatable bonds is 4. The zero-order valence-electron chi connectivity index (χ0n) is 10.7. The van der Waals surface area contributed by atoms with Gasteiger partial charge in [-0.15, -0.1) is 0 Å². The summed E-state index contributed by atoms with van der Waals surface area (Å²) in [5.74, 6) is -0.615. The minimum Gasteiger partial charge on any atom is -0.362 e. The number of anilines is 1. The highest BCUT2D eigenvalue weighted by Gasteiger charge is 2.02. The fraction of sp³-hybridized carbons (Fsp3) is 0.133. The van der Waals surface area contributed by atoms with Crippen molar-refractivity contribution in [3.63, 3.8) is 0 Å². The molecule has 2 N–H and O–H groups in total. The van der Waals surface area contributed by atoms with Crippen molar-refractivity contribution in [1.82, 2.24) is 5.32 Å². The molecule has 5 heteroatoms. The number of para-hydroxylation sites is 1. The number of halogens is 2. The molecule has 2 aromatic rings. The molecule has 104 valence electrons. The van der Waals surface area contributed by atoms with Crippen molar-refractivity contribution in [2.45, 2.75) is 6.42 Å². The lowest BCUT2D eigenvalue weighted by atomic mass is 10.1. The standard InChI is InChI=1S/C15H14F2N2S/c16-12-5-3-4-11(10-12)8-9-18-15(20)19-14-7-2-1-6-13(14)17/h1-7,10H,8-9H2,(H2,18,19,20). The summed E-state index contributed by atoms with van der Waals surface area (Å²) in [6.45, 7) is 0.545. The van der Waals surface area contributed by atoms with Gasteiger partial charge in [0.05, 0.1) is 5.69 Å². The lowest BCUT2D eigenvalue weighted by Crippen LogP contribution is -2.30. The predicted molar refractivity (Wildman–Crippen MR) is 80.7 cm³/mol. The zero-order chi connectivity index (χ0) is 14.4. The molecule has 0 unspecified atom stereocenters. The normalized spacial score (nSPS) is 10.1. The van der Waals surface area contributed by atoms with Gasteiger partial charge in [0.25, 0.3) is 0 Å². The maximum Gasteiger partial charge on any atom is 0.170 e. The van der Waals surface area contributed by atoms with Gasteiger partial charge in [-0.05, 0) is 48.5 Å². The molecule has 0 fully saturated rings. The lowest BCUT2D eigenvalue weighted by molar-refractivity contribution is 0.625. The van der Waals surface area contributed by atoms with Crippen LogP contribution in [0.5, 0.6) is 0 Å². The van der Waals surface area contributed by atoms with Crippen LogP contribution in [0.3, 0.4) is 0 Å². The summed E-state index contributed by atoms with van der Waals surface area (Å²) in [4.78, 5) is 0. The van der Waals surface area contributed by atoms with Crippen LogP contribution in [0.25, 0.3) is 0 Å². The van der Waals surface area contributed by atoms with Crippen molar-refractivity contribution in [3.8, 4) is 0 Å². The maximum atomic E-state index is 13.4. The summed E-state index contributed by atoms with van der Waals surface area (Å²) in [5, 5.41) is 6.08. The monoisotopic (exact) mass is 292 g/mol. The first-order valence-electron chi connectivity index (χ1n) is 6.19. The smallest absolute Gasteiger partial charge is 0.170 e. The molecular formula is C15H14F2N2S. The van der Waals surface area contributed by atoms with Crippen molar-refractivity contribution in [2.75, 3.05) is 11.9 Å². The van der Waals surface area contributed by atoms with Gasteiger partial charge >= 0.3 is 0 Å². The molecule has 0 amide bonds. The molecule has 0 saturated heterocycles. The molecule has 0 bridgehead atoms. The molecule has 20 heavy (non-hydrogen) atoms. The van der Waals surface area contributed by atoms with Gasteiger partial charge in [0.1, 0.15) is 11.6 Å². The molecule has 2 aromatic carbocycles. The molecule has 0 aliphatic heterocycles. The summed E-state index contributed by atoms with van der Waals surface area (Å²) in [6, 6.07) is 12.7. The van der Waals surface area contributed by atoms with Crippen molar-refractivity contribution >= 4 is 23.0 Å². The minimum atomic E-state index is -0.359. The zero-order valence-corrected chi connectivity index (χ0v) is 11.5. The van der Waals surface area contributed by atoms with E-state index in [4.69, 9.17) is 12.2 Å². The van der Waals surface area contributed by atoms with Gasteiger partial charge in [0, 0.05) is 6.54 Å². The van der Waals surface area contributed by atoms with E-state index in [9.17, 15) is 8.78 Å². The van der Waals surface area contributed by atoms with Crippen LogP contribution in [-0.2, 0) is 6.42 Å². The van der Waals surface area contributed by atoms with Crippen LogP contribution in [0, 0.1) is 11.6 Å². The molecule has 2 nitrogen and oxygen atoms in total. The Morgan fingerprint density at radius 3 is 2.60 bits per heavy atom. The third-order valence-corrected chi connectivity index (χ3v) is 2.96. The van der Waals surface area contributed by atoms with Crippen LogP contribution in [0.2, 0.25) is 0 Å². The number of thiocarbonyl (C=S) groups is 1. The van der Waals surface area contributed by atoms with Crippen LogP contribution in [0.15, 0.2) is 48.5 Å². The minimum absolute atomic E-state index is 0.255. The first-order valence-corrected chi connectivity index (χ1v) is 6.60. The SMILES string of the molecule is Fc1cccc(CCNC(=S)Nc2ccccc2F)c1. The summed E-state index contributed by atoms with van der Waals surface area (Å²) < 4.78 is 26.4. The van der Waals surface area contributed by atoms with Crippen LogP contribution in [0.1, 0.15) is 5.56 Å². The quantitative estimate of drug-likeness (QED) is 0.844. The largest absolute Gasteiger partial charge is 0.362 e. The van der Waals surface area contributed by atoms with E-state index in [0.717, 1.165) is 5.56 Å². The first kappa shape index (κ1) is 14.4. The Labute approximate surface area is 121 Å². The van der Waals surface area contributed by atoms with Gasteiger partial charge < -0.3 is 10.6 Å². The number of hydrogen-bond acceptors (Lipinski definition) is 1. The average molecular weight is 292 g/mol. The summed E-state index contributed by atoms with van der Waals surface area (Å²) in [7, 11) is 0. The topological polar surface area (TPSA) is 24.1 Å². The molecular weight excluding hydrogens is 278 g/mol.